The van der Waals surface area contributed by atoms with Gasteiger partial charge in [0.1, 0.15) is 25.4 Å². The normalized spacial score (nSPS) is 12.4. The van der Waals surface area contributed by atoms with Crippen molar-refractivity contribution in [1.29, 1.82) is 0 Å². The van der Waals surface area contributed by atoms with E-state index in [2.05, 4.69) is 24.1 Å². The first-order chi connectivity index (χ1) is 15.5. The summed E-state index contributed by atoms with van der Waals surface area (Å²) in [4.78, 5) is 26.0. The molecule has 1 heterocycles. The Labute approximate surface area is 186 Å². The number of carbonyl (C=O) groups excluding carboxylic acids is 1. The van der Waals surface area contributed by atoms with Crippen LogP contribution in [-0.4, -0.2) is 62.3 Å². The molecular formula is C22H27N3O7. The second-order valence-electron chi connectivity index (χ2n) is 6.97. The third kappa shape index (κ3) is 5.38. The second-order valence-corrected chi connectivity index (χ2v) is 6.97. The number of amides is 1. The molecule has 10 heteroatoms. The maximum absolute atomic E-state index is 12.9. The first kappa shape index (κ1) is 23.1. The first-order valence-electron chi connectivity index (χ1n) is 10.4. The molecule has 0 fully saturated rings. The zero-order valence-corrected chi connectivity index (χ0v) is 18.4. The summed E-state index contributed by atoms with van der Waals surface area (Å²) in [5.41, 5.74) is -0.0761. The lowest BCUT2D eigenvalue weighted by molar-refractivity contribution is -0.385. The Hall–Kier alpha value is -3.53. The van der Waals surface area contributed by atoms with Gasteiger partial charge >= 0.3 is 0 Å². The van der Waals surface area contributed by atoms with E-state index in [1.807, 2.05) is 0 Å². The lowest BCUT2D eigenvalue weighted by Gasteiger charge is -2.19. The van der Waals surface area contributed by atoms with Crippen LogP contribution in [0.2, 0.25) is 0 Å². The number of nitro benzene ring substituents is 1. The average molecular weight is 445 g/mol. The molecule has 1 amide bonds. The van der Waals surface area contributed by atoms with E-state index >= 15 is 0 Å². The fourth-order valence-electron chi connectivity index (χ4n) is 3.30. The minimum absolute atomic E-state index is 0.126. The number of anilines is 1. The number of benzene rings is 2. The number of rotatable bonds is 10. The maximum atomic E-state index is 12.9. The number of likely N-dealkylation sites (N-methyl/N-ethyl adjacent to an activating group) is 1. The van der Waals surface area contributed by atoms with Crippen molar-refractivity contribution >= 4 is 17.3 Å². The highest BCUT2D eigenvalue weighted by atomic mass is 16.6. The lowest BCUT2D eigenvalue weighted by Crippen LogP contribution is -2.28. The Balaban J connectivity index is 1.79. The molecule has 2 aromatic carbocycles. The number of hydrogen-bond donors (Lipinski definition) is 1. The van der Waals surface area contributed by atoms with Gasteiger partial charge < -0.3 is 29.2 Å². The van der Waals surface area contributed by atoms with Crippen molar-refractivity contribution in [2.75, 3.05) is 51.9 Å². The van der Waals surface area contributed by atoms with Gasteiger partial charge in [0.05, 0.1) is 18.1 Å². The van der Waals surface area contributed by atoms with Gasteiger partial charge in [0, 0.05) is 24.4 Å². The molecular weight excluding hydrogens is 418 g/mol. The Kier molecular flexibility index (Phi) is 7.72. The van der Waals surface area contributed by atoms with Gasteiger partial charge in [-0.05, 0) is 25.2 Å². The standard InChI is InChI=1S/C22H27N3O7/c1-4-24(5-2)8-9-30-19-12-15(6-7-18(19)29-3)23-22(26)16-13-20-21(32-11-10-31-20)14-17(16)25(27)28/h6-7,12-14H,4-5,8-11H2,1-3H3,(H,23,26). The molecule has 1 N–H and O–H groups in total. The van der Waals surface area contributed by atoms with Crippen LogP contribution in [-0.2, 0) is 0 Å². The summed E-state index contributed by atoms with van der Waals surface area (Å²) in [7, 11) is 1.53. The molecule has 0 radical (unpaired) electrons. The molecule has 0 bridgehead atoms. The molecule has 3 rings (SSSR count). The number of carbonyl (C=O) groups is 1. The SMILES string of the molecule is CCN(CC)CCOc1cc(NC(=O)c2cc3c(cc2[N+](=O)[O-])OCCO3)ccc1OC. The number of methoxy groups -OCH3 is 1. The maximum Gasteiger partial charge on any atom is 0.286 e. The van der Waals surface area contributed by atoms with Crippen LogP contribution in [0.3, 0.4) is 0 Å². The molecule has 0 atom stereocenters. The van der Waals surface area contributed by atoms with Crippen LogP contribution in [0.4, 0.5) is 11.4 Å². The predicted octanol–water partition coefficient (Wildman–Crippen LogP) is 3.35. The molecule has 1 aliphatic rings. The fourth-order valence-corrected chi connectivity index (χ4v) is 3.30. The third-order valence-electron chi connectivity index (χ3n) is 5.08. The van der Waals surface area contributed by atoms with Gasteiger partial charge in [0.25, 0.3) is 11.6 Å². The molecule has 0 aliphatic carbocycles. The molecule has 0 saturated heterocycles. The van der Waals surface area contributed by atoms with E-state index < -0.39 is 10.8 Å². The summed E-state index contributed by atoms with van der Waals surface area (Å²) in [6, 6.07) is 7.47. The summed E-state index contributed by atoms with van der Waals surface area (Å²) in [5.74, 6) is 0.880. The van der Waals surface area contributed by atoms with Gasteiger partial charge in [-0.25, -0.2) is 0 Å². The van der Waals surface area contributed by atoms with E-state index in [9.17, 15) is 14.9 Å². The summed E-state index contributed by atoms with van der Waals surface area (Å²) >= 11 is 0. The first-order valence-corrected chi connectivity index (χ1v) is 10.4. The minimum Gasteiger partial charge on any atom is -0.493 e. The second kappa shape index (κ2) is 10.7. The van der Waals surface area contributed by atoms with Crippen LogP contribution in [0.1, 0.15) is 24.2 Å². The zero-order chi connectivity index (χ0) is 23.1. The smallest absolute Gasteiger partial charge is 0.286 e. The number of hydrogen-bond acceptors (Lipinski definition) is 8. The van der Waals surface area contributed by atoms with Crippen molar-refractivity contribution in [1.82, 2.24) is 4.90 Å². The Morgan fingerprint density at radius 2 is 1.81 bits per heavy atom. The molecule has 32 heavy (non-hydrogen) atoms. The molecule has 172 valence electrons. The third-order valence-corrected chi connectivity index (χ3v) is 5.08. The highest BCUT2D eigenvalue weighted by Gasteiger charge is 2.26. The van der Waals surface area contributed by atoms with Crippen LogP contribution in [0, 0.1) is 10.1 Å². The highest BCUT2D eigenvalue weighted by Crippen LogP contribution is 2.37. The number of ether oxygens (including phenoxy) is 4. The summed E-state index contributed by atoms with van der Waals surface area (Å²) in [5, 5.41) is 14.2. The van der Waals surface area contributed by atoms with Crippen molar-refractivity contribution < 1.29 is 28.7 Å². The molecule has 1 aliphatic heterocycles. The molecule has 0 aromatic heterocycles. The van der Waals surface area contributed by atoms with E-state index in [4.69, 9.17) is 18.9 Å². The monoisotopic (exact) mass is 445 g/mol. The summed E-state index contributed by atoms with van der Waals surface area (Å²) < 4.78 is 22.1. The van der Waals surface area contributed by atoms with E-state index in [0.29, 0.717) is 42.8 Å². The highest BCUT2D eigenvalue weighted by molar-refractivity contribution is 6.07. The van der Waals surface area contributed by atoms with E-state index in [1.54, 1.807) is 18.2 Å². The predicted molar refractivity (Wildman–Crippen MR) is 118 cm³/mol. The average Bonchev–Trinajstić information content (AvgIpc) is 2.81. The number of nitrogens with one attached hydrogen (secondary N) is 1. The van der Waals surface area contributed by atoms with Crippen molar-refractivity contribution in [2.24, 2.45) is 0 Å². The van der Waals surface area contributed by atoms with Crippen LogP contribution in [0.25, 0.3) is 0 Å². The van der Waals surface area contributed by atoms with Crippen LogP contribution in [0.15, 0.2) is 30.3 Å². The molecule has 0 spiro atoms. The number of nitrogens with zero attached hydrogens (tertiary/aromatic N) is 2. The van der Waals surface area contributed by atoms with Gasteiger partial charge in [-0.3, -0.25) is 14.9 Å². The quantitative estimate of drug-likeness (QED) is 0.438. The minimum atomic E-state index is -0.645. The summed E-state index contributed by atoms with van der Waals surface area (Å²) in [6.07, 6.45) is 0. The van der Waals surface area contributed by atoms with Crippen molar-refractivity contribution in [3.63, 3.8) is 0 Å². The Morgan fingerprint density at radius 1 is 1.12 bits per heavy atom. The number of nitro groups is 1. The van der Waals surface area contributed by atoms with E-state index in [0.717, 1.165) is 19.6 Å². The number of fused-ring (bicyclic) bond motifs is 1. The van der Waals surface area contributed by atoms with Gasteiger partial charge in [-0.15, -0.1) is 0 Å². The molecule has 2 aromatic rings. The van der Waals surface area contributed by atoms with Crippen LogP contribution < -0.4 is 24.3 Å². The van der Waals surface area contributed by atoms with Crippen LogP contribution in [0.5, 0.6) is 23.0 Å². The van der Waals surface area contributed by atoms with Crippen LogP contribution >= 0.6 is 0 Å². The largest absolute Gasteiger partial charge is 0.493 e. The van der Waals surface area contributed by atoms with E-state index in [1.165, 1.54) is 19.2 Å². The molecule has 0 saturated carbocycles. The van der Waals surface area contributed by atoms with E-state index in [-0.39, 0.29) is 17.0 Å². The topological polar surface area (TPSA) is 112 Å². The molecule has 10 nitrogen and oxygen atoms in total. The Bertz CT molecular complexity index is 976. The van der Waals surface area contributed by atoms with Gasteiger partial charge in [-0.1, -0.05) is 13.8 Å². The Morgan fingerprint density at radius 3 is 2.44 bits per heavy atom. The zero-order valence-electron chi connectivity index (χ0n) is 18.4. The van der Waals surface area contributed by atoms with Crippen molar-refractivity contribution in [3.8, 4) is 23.0 Å². The lowest BCUT2D eigenvalue weighted by atomic mass is 10.1. The molecule has 0 unspecified atom stereocenters. The van der Waals surface area contributed by atoms with Gasteiger partial charge in [0.15, 0.2) is 23.0 Å². The van der Waals surface area contributed by atoms with Gasteiger partial charge in [0.2, 0.25) is 0 Å². The summed E-state index contributed by atoms with van der Waals surface area (Å²) in [6.45, 7) is 7.79. The fraction of sp³-hybridized carbons (Fsp3) is 0.409. The van der Waals surface area contributed by atoms with Gasteiger partial charge in [-0.2, -0.15) is 0 Å². The van der Waals surface area contributed by atoms with Crippen molar-refractivity contribution in [3.05, 3.63) is 46.0 Å². The van der Waals surface area contributed by atoms with Crippen molar-refractivity contribution in [2.45, 2.75) is 13.8 Å².